The van der Waals surface area contributed by atoms with Crippen molar-refractivity contribution in [1.29, 1.82) is 0 Å². The lowest BCUT2D eigenvalue weighted by atomic mass is 10.2. The van der Waals surface area contributed by atoms with Crippen LogP contribution in [0, 0.1) is 6.92 Å². The van der Waals surface area contributed by atoms with Crippen LogP contribution in [-0.2, 0) is 0 Å². The third-order valence-electron chi connectivity index (χ3n) is 2.47. The first-order valence-electron chi connectivity index (χ1n) is 5.64. The maximum absolute atomic E-state index is 6.02. The molecule has 0 saturated carbocycles. The molecule has 2 aromatic rings. The van der Waals surface area contributed by atoms with Crippen LogP contribution in [0.2, 0.25) is 15.1 Å². The van der Waals surface area contributed by atoms with Gasteiger partial charge in [0.1, 0.15) is 0 Å². The summed E-state index contributed by atoms with van der Waals surface area (Å²) in [6.45, 7) is 2.30. The van der Waals surface area contributed by atoms with Crippen molar-refractivity contribution in [3.63, 3.8) is 0 Å². The molecule has 0 amide bonds. The predicted molar refractivity (Wildman–Crippen MR) is 81.8 cm³/mol. The molecule has 0 aromatic heterocycles. The summed E-state index contributed by atoms with van der Waals surface area (Å²) >= 11 is 17.9. The minimum absolute atomic E-state index is 0.268. The maximum atomic E-state index is 6.02. The maximum Gasteiger partial charge on any atom is 0.159 e. The van der Waals surface area contributed by atoms with Gasteiger partial charge in [0.2, 0.25) is 0 Å². The number of hydrogen-bond donors (Lipinski definition) is 1. The highest BCUT2D eigenvalue weighted by molar-refractivity contribution is 6.40. The van der Waals surface area contributed by atoms with Crippen LogP contribution >= 0.6 is 34.8 Å². The third-order valence-corrected chi connectivity index (χ3v) is 3.25. The SMILES string of the molecule is Cc1cccc(NCOc2c(Cl)cc(Cl)cc2Cl)c1. The van der Waals surface area contributed by atoms with E-state index in [2.05, 4.69) is 5.32 Å². The van der Waals surface area contributed by atoms with Crippen molar-refractivity contribution in [2.45, 2.75) is 6.92 Å². The van der Waals surface area contributed by atoms with Gasteiger partial charge in [-0.15, -0.1) is 0 Å². The standard InChI is InChI=1S/C14H12Cl3NO/c1-9-3-2-4-11(5-9)18-8-19-14-12(16)6-10(15)7-13(14)17/h2-7,18H,8H2,1H3. The first-order chi connectivity index (χ1) is 9.06. The van der Waals surface area contributed by atoms with Crippen molar-refractivity contribution in [2.24, 2.45) is 0 Å². The highest BCUT2D eigenvalue weighted by Gasteiger charge is 2.08. The van der Waals surface area contributed by atoms with Crippen LogP contribution in [0.15, 0.2) is 36.4 Å². The number of hydrogen-bond acceptors (Lipinski definition) is 2. The second-order valence-corrected chi connectivity index (χ2v) is 5.28. The molecular weight excluding hydrogens is 305 g/mol. The Morgan fingerprint density at radius 3 is 2.37 bits per heavy atom. The van der Waals surface area contributed by atoms with Crippen LogP contribution < -0.4 is 10.1 Å². The van der Waals surface area contributed by atoms with Crippen molar-refractivity contribution >= 4 is 40.5 Å². The van der Waals surface area contributed by atoms with Gasteiger partial charge in [-0.3, -0.25) is 0 Å². The topological polar surface area (TPSA) is 21.3 Å². The molecule has 0 unspecified atom stereocenters. The summed E-state index contributed by atoms with van der Waals surface area (Å²) in [5.74, 6) is 0.424. The van der Waals surface area contributed by atoms with Crippen LogP contribution in [0.1, 0.15) is 5.56 Å². The van der Waals surface area contributed by atoms with Gasteiger partial charge in [0.15, 0.2) is 12.5 Å². The Labute approximate surface area is 127 Å². The van der Waals surface area contributed by atoms with Crippen LogP contribution in [0.25, 0.3) is 0 Å². The van der Waals surface area contributed by atoms with Gasteiger partial charge in [-0.1, -0.05) is 46.9 Å². The lowest BCUT2D eigenvalue weighted by Crippen LogP contribution is -2.09. The Bertz CT molecular complexity index is 564. The van der Waals surface area contributed by atoms with E-state index < -0.39 is 0 Å². The van der Waals surface area contributed by atoms with E-state index in [4.69, 9.17) is 39.5 Å². The third kappa shape index (κ3) is 3.93. The smallest absolute Gasteiger partial charge is 0.159 e. The number of ether oxygens (including phenoxy) is 1. The molecule has 5 heteroatoms. The molecule has 0 bridgehead atoms. The number of anilines is 1. The zero-order valence-corrected chi connectivity index (χ0v) is 12.5. The first-order valence-corrected chi connectivity index (χ1v) is 6.77. The molecule has 100 valence electrons. The lowest BCUT2D eigenvalue weighted by molar-refractivity contribution is 0.347. The summed E-state index contributed by atoms with van der Waals surface area (Å²) in [7, 11) is 0. The van der Waals surface area contributed by atoms with Gasteiger partial charge in [-0.2, -0.15) is 0 Å². The van der Waals surface area contributed by atoms with Crippen molar-refractivity contribution < 1.29 is 4.74 Å². The Morgan fingerprint density at radius 2 is 1.74 bits per heavy atom. The lowest BCUT2D eigenvalue weighted by Gasteiger charge is -2.12. The molecule has 2 rings (SSSR count). The van der Waals surface area contributed by atoms with E-state index in [0.29, 0.717) is 20.8 Å². The largest absolute Gasteiger partial charge is 0.470 e. The monoisotopic (exact) mass is 315 g/mol. The fraction of sp³-hybridized carbons (Fsp3) is 0.143. The minimum atomic E-state index is 0.268. The molecule has 0 aliphatic heterocycles. The molecule has 0 fully saturated rings. The Kier molecular flexibility index (Phi) is 4.81. The predicted octanol–water partition coefficient (Wildman–Crippen LogP) is 5.40. The van der Waals surface area contributed by atoms with Gasteiger partial charge in [-0.25, -0.2) is 0 Å². The number of nitrogens with one attached hydrogen (secondary N) is 1. The fourth-order valence-corrected chi connectivity index (χ4v) is 2.54. The van der Waals surface area contributed by atoms with E-state index in [-0.39, 0.29) is 6.73 Å². The Balaban J connectivity index is 2.00. The molecule has 0 atom stereocenters. The fourth-order valence-electron chi connectivity index (χ4n) is 1.61. The number of rotatable bonds is 4. The summed E-state index contributed by atoms with van der Waals surface area (Å²) in [5.41, 5.74) is 2.15. The molecule has 19 heavy (non-hydrogen) atoms. The molecule has 2 aromatic carbocycles. The van der Waals surface area contributed by atoms with Crippen LogP contribution in [0.4, 0.5) is 5.69 Å². The number of halogens is 3. The van der Waals surface area contributed by atoms with Crippen LogP contribution in [0.5, 0.6) is 5.75 Å². The van der Waals surface area contributed by atoms with E-state index in [9.17, 15) is 0 Å². The first kappa shape index (κ1) is 14.3. The highest BCUT2D eigenvalue weighted by Crippen LogP contribution is 2.35. The second-order valence-electron chi connectivity index (χ2n) is 4.03. The highest BCUT2D eigenvalue weighted by atomic mass is 35.5. The molecule has 2 nitrogen and oxygen atoms in total. The van der Waals surface area contributed by atoms with Crippen LogP contribution in [0.3, 0.4) is 0 Å². The minimum Gasteiger partial charge on any atom is -0.470 e. The summed E-state index contributed by atoms with van der Waals surface area (Å²) in [5, 5.41) is 4.40. The van der Waals surface area contributed by atoms with E-state index in [1.807, 2.05) is 31.2 Å². The summed E-state index contributed by atoms with van der Waals surface area (Å²) in [6.07, 6.45) is 0. The summed E-state index contributed by atoms with van der Waals surface area (Å²) < 4.78 is 5.53. The summed E-state index contributed by atoms with van der Waals surface area (Å²) in [6, 6.07) is 11.2. The van der Waals surface area contributed by atoms with Gasteiger partial charge in [-0.05, 0) is 36.8 Å². The van der Waals surface area contributed by atoms with E-state index in [1.54, 1.807) is 12.1 Å². The Morgan fingerprint density at radius 1 is 1.05 bits per heavy atom. The van der Waals surface area contributed by atoms with E-state index >= 15 is 0 Å². The molecule has 0 radical (unpaired) electrons. The number of benzene rings is 2. The van der Waals surface area contributed by atoms with Gasteiger partial charge in [0.05, 0.1) is 10.0 Å². The number of aryl methyl sites for hydroxylation is 1. The molecular formula is C14H12Cl3NO. The zero-order valence-electron chi connectivity index (χ0n) is 10.2. The van der Waals surface area contributed by atoms with E-state index in [0.717, 1.165) is 5.69 Å². The quantitative estimate of drug-likeness (QED) is 0.762. The van der Waals surface area contributed by atoms with Gasteiger partial charge >= 0.3 is 0 Å². The molecule has 0 heterocycles. The van der Waals surface area contributed by atoms with Gasteiger partial charge in [0, 0.05) is 10.7 Å². The molecule has 0 spiro atoms. The normalized spacial score (nSPS) is 10.3. The molecule has 0 saturated heterocycles. The Hall–Kier alpha value is -1.09. The van der Waals surface area contributed by atoms with Crippen LogP contribution in [-0.4, -0.2) is 6.73 Å². The van der Waals surface area contributed by atoms with Crippen molar-refractivity contribution in [3.8, 4) is 5.75 Å². The molecule has 0 aliphatic carbocycles. The van der Waals surface area contributed by atoms with Gasteiger partial charge in [0.25, 0.3) is 0 Å². The molecule has 0 aliphatic rings. The average Bonchev–Trinajstić information content (AvgIpc) is 2.32. The molecule has 1 N–H and O–H groups in total. The van der Waals surface area contributed by atoms with Gasteiger partial charge < -0.3 is 10.1 Å². The van der Waals surface area contributed by atoms with Crippen molar-refractivity contribution in [1.82, 2.24) is 0 Å². The average molecular weight is 317 g/mol. The van der Waals surface area contributed by atoms with E-state index in [1.165, 1.54) is 5.56 Å². The van der Waals surface area contributed by atoms with Crippen molar-refractivity contribution in [2.75, 3.05) is 12.0 Å². The second kappa shape index (κ2) is 6.38. The zero-order chi connectivity index (χ0) is 13.8. The summed E-state index contributed by atoms with van der Waals surface area (Å²) in [4.78, 5) is 0. The van der Waals surface area contributed by atoms with Crippen molar-refractivity contribution in [3.05, 3.63) is 57.0 Å².